The van der Waals surface area contributed by atoms with E-state index in [9.17, 15) is 8.78 Å². The molecule has 1 aliphatic carbocycles. The average molecular weight is 294 g/mol. The molecule has 1 N–H and O–H groups in total. The van der Waals surface area contributed by atoms with E-state index in [2.05, 4.69) is 5.32 Å². The van der Waals surface area contributed by atoms with E-state index < -0.39 is 5.82 Å². The van der Waals surface area contributed by atoms with Crippen molar-refractivity contribution in [3.8, 4) is 11.1 Å². The van der Waals surface area contributed by atoms with E-state index in [1.807, 2.05) is 6.07 Å². The normalized spacial score (nSPS) is 14.6. The topological polar surface area (TPSA) is 12.0 Å². The zero-order valence-corrected chi connectivity index (χ0v) is 11.6. The summed E-state index contributed by atoms with van der Waals surface area (Å²) in [5.41, 5.74) is 1.93. The molecule has 2 aromatic rings. The van der Waals surface area contributed by atoms with Crippen LogP contribution in [0.15, 0.2) is 36.4 Å². The zero-order valence-electron chi connectivity index (χ0n) is 10.8. The standard InChI is InChI=1S/C16H14ClF2N/c17-15-8-12(18)3-6-14(15)10-1-2-11(16(19)7-10)9-20-13-4-5-13/h1-3,6-8,13,20H,4-5,9H2. The van der Waals surface area contributed by atoms with E-state index >= 15 is 0 Å². The first kappa shape index (κ1) is 13.5. The third kappa shape index (κ3) is 3.00. The van der Waals surface area contributed by atoms with Crippen LogP contribution < -0.4 is 5.32 Å². The van der Waals surface area contributed by atoms with Gasteiger partial charge < -0.3 is 5.32 Å². The van der Waals surface area contributed by atoms with Gasteiger partial charge in [-0.3, -0.25) is 0 Å². The van der Waals surface area contributed by atoms with Crippen LogP contribution in [0.3, 0.4) is 0 Å². The van der Waals surface area contributed by atoms with Gasteiger partial charge in [0, 0.05) is 23.7 Å². The molecule has 3 rings (SSSR count). The van der Waals surface area contributed by atoms with Crippen LogP contribution in [0.4, 0.5) is 8.78 Å². The summed E-state index contributed by atoms with van der Waals surface area (Å²) in [6.07, 6.45) is 2.34. The Bertz CT molecular complexity index is 638. The molecule has 0 aliphatic heterocycles. The van der Waals surface area contributed by atoms with Gasteiger partial charge in [0.25, 0.3) is 0 Å². The predicted molar refractivity (Wildman–Crippen MR) is 76.7 cm³/mol. The molecule has 0 heterocycles. The highest BCUT2D eigenvalue weighted by Gasteiger charge is 2.20. The van der Waals surface area contributed by atoms with Gasteiger partial charge >= 0.3 is 0 Å². The number of nitrogens with one attached hydrogen (secondary N) is 1. The number of hydrogen-bond acceptors (Lipinski definition) is 1. The van der Waals surface area contributed by atoms with Crippen molar-refractivity contribution >= 4 is 11.6 Å². The molecule has 0 radical (unpaired) electrons. The Labute approximate surface area is 121 Å². The first-order valence-electron chi connectivity index (χ1n) is 6.61. The van der Waals surface area contributed by atoms with Gasteiger partial charge in [0.2, 0.25) is 0 Å². The summed E-state index contributed by atoms with van der Waals surface area (Å²) in [5, 5.41) is 3.56. The van der Waals surface area contributed by atoms with Gasteiger partial charge in [0.1, 0.15) is 11.6 Å². The van der Waals surface area contributed by atoms with Crippen molar-refractivity contribution in [1.82, 2.24) is 5.32 Å². The van der Waals surface area contributed by atoms with Gasteiger partial charge in [0.05, 0.1) is 5.02 Å². The summed E-state index contributed by atoms with van der Waals surface area (Å²) in [7, 11) is 0. The number of benzene rings is 2. The Morgan fingerprint density at radius 2 is 1.90 bits per heavy atom. The molecule has 0 saturated heterocycles. The summed E-state index contributed by atoms with van der Waals surface area (Å²) >= 11 is 5.99. The van der Waals surface area contributed by atoms with Crippen molar-refractivity contribution in [2.24, 2.45) is 0 Å². The summed E-state index contributed by atoms with van der Waals surface area (Å²) < 4.78 is 27.1. The van der Waals surface area contributed by atoms with Gasteiger partial charge in [-0.05, 0) is 42.7 Å². The molecule has 0 atom stereocenters. The highest BCUT2D eigenvalue weighted by Crippen LogP contribution is 2.30. The molecule has 1 saturated carbocycles. The molecule has 0 aromatic heterocycles. The van der Waals surface area contributed by atoms with Gasteiger partial charge in [-0.2, -0.15) is 0 Å². The molecular formula is C16H14ClF2N. The monoisotopic (exact) mass is 293 g/mol. The second-order valence-corrected chi connectivity index (χ2v) is 5.49. The van der Waals surface area contributed by atoms with E-state index in [0.717, 1.165) is 0 Å². The van der Waals surface area contributed by atoms with Crippen molar-refractivity contribution in [1.29, 1.82) is 0 Å². The fraction of sp³-hybridized carbons (Fsp3) is 0.250. The molecule has 4 heteroatoms. The first-order chi connectivity index (χ1) is 9.63. The lowest BCUT2D eigenvalue weighted by Crippen LogP contribution is -2.16. The van der Waals surface area contributed by atoms with Crippen LogP contribution in [-0.2, 0) is 6.54 Å². The number of halogens is 3. The van der Waals surface area contributed by atoms with E-state index in [0.29, 0.717) is 29.3 Å². The van der Waals surface area contributed by atoms with E-state index in [4.69, 9.17) is 11.6 Å². The molecule has 104 valence electrons. The second kappa shape index (κ2) is 5.51. The molecule has 2 aromatic carbocycles. The number of rotatable bonds is 4. The van der Waals surface area contributed by atoms with Gasteiger partial charge in [-0.1, -0.05) is 23.7 Å². The first-order valence-corrected chi connectivity index (χ1v) is 6.98. The number of hydrogen-bond donors (Lipinski definition) is 1. The lowest BCUT2D eigenvalue weighted by molar-refractivity contribution is 0.587. The molecule has 1 aliphatic rings. The van der Waals surface area contributed by atoms with Crippen LogP contribution in [0.1, 0.15) is 18.4 Å². The minimum atomic E-state index is -0.399. The summed E-state index contributed by atoms with van der Waals surface area (Å²) in [6.45, 7) is 0.536. The van der Waals surface area contributed by atoms with Crippen LogP contribution in [0.2, 0.25) is 5.02 Å². The maximum Gasteiger partial charge on any atom is 0.128 e. The summed E-state index contributed by atoms with van der Waals surface area (Å²) in [4.78, 5) is 0. The predicted octanol–water partition coefficient (Wildman–Crippen LogP) is 4.54. The van der Waals surface area contributed by atoms with E-state index in [1.165, 1.54) is 31.0 Å². The third-order valence-electron chi connectivity index (χ3n) is 3.45. The summed E-state index contributed by atoms with van der Waals surface area (Å²) in [5.74, 6) is -0.666. The van der Waals surface area contributed by atoms with Crippen LogP contribution >= 0.6 is 11.6 Å². The van der Waals surface area contributed by atoms with Crippen molar-refractivity contribution < 1.29 is 8.78 Å². The van der Waals surface area contributed by atoms with Crippen LogP contribution in [0.25, 0.3) is 11.1 Å². The van der Waals surface area contributed by atoms with Crippen molar-refractivity contribution in [2.75, 3.05) is 0 Å². The molecule has 0 unspecified atom stereocenters. The van der Waals surface area contributed by atoms with Gasteiger partial charge in [-0.25, -0.2) is 8.78 Å². The Hall–Kier alpha value is -1.45. The van der Waals surface area contributed by atoms with Crippen LogP contribution in [0, 0.1) is 11.6 Å². The van der Waals surface area contributed by atoms with Crippen LogP contribution in [0.5, 0.6) is 0 Å². The Morgan fingerprint density at radius 3 is 2.55 bits per heavy atom. The Balaban J connectivity index is 1.84. The Morgan fingerprint density at radius 1 is 1.10 bits per heavy atom. The summed E-state index contributed by atoms with van der Waals surface area (Å²) in [6, 6.07) is 9.67. The smallest absolute Gasteiger partial charge is 0.128 e. The highest BCUT2D eigenvalue weighted by molar-refractivity contribution is 6.33. The highest BCUT2D eigenvalue weighted by atomic mass is 35.5. The molecular weight excluding hydrogens is 280 g/mol. The maximum absolute atomic E-state index is 14.1. The van der Waals surface area contributed by atoms with Crippen molar-refractivity contribution in [2.45, 2.75) is 25.4 Å². The molecule has 0 amide bonds. The Kier molecular flexibility index (Phi) is 3.72. The minimum Gasteiger partial charge on any atom is -0.310 e. The molecule has 1 fully saturated rings. The van der Waals surface area contributed by atoms with Gasteiger partial charge in [0.15, 0.2) is 0 Å². The minimum absolute atomic E-state index is 0.268. The fourth-order valence-corrected chi connectivity index (χ4v) is 2.40. The largest absolute Gasteiger partial charge is 0.310 e. The zero-order chi connectivity index (χ0) is 14.1. The third-order valence-corrected chi connectivity index (χ3v) is 3.77. The molecule has 1 nitrogen and oxygen atoms in total. The lowest BCUT2D eigenvalue weighted by atomic mass is 10.0. The molecule has 0 bridgehead atoms. The maximum atomic E-state index is 14.1. The second-order valence-electron chi connectivity index (χ2n) is 5.09. The SMILES string of the molecule is Fc1ccc(-c2ccc(CNC3CC3)c(F)c2)c(Cl)c1. The fourth-order valence-electron chi connectivity index (χ4n) is 2.12. The van der Waals surface area contributed by atoms with Crippen LogP contribution in [-0.4, -0.2) is 6.04 Å². The van der Waals surface area contributed by atoms with Crippen molar-refractivity contribution in [3.05, 3.63) is 58.6 Å². The lowest BCUT2D eigenvalue weighted by Gasteiger charge is -2.09. The molecule has 0 spiro atoms. The average Bonchev–Trinajstić information content (AvgIpc) is 3.21. The van der Waals surface area contributed by atoms with Gasteiger partial charge in [-0.15, -0.1) is 0 Å². The quantitative estimate of drug-likeness (QED) is 0.873. The molecule has 20 heavy (non-hydrogen) atoms. The van der Waals surface area contributed by atoms with E-state index in [-0.39, 0.29) is 10.8 Å². The van der Waals surface area contributed by atoms with E-state index in [1.54, 1.807) is 12.1 Å². The van der Waals surface area contributed by atoms with Crippen molar-refractivity contribution in [3.63, 3.8) is 0 Å².